The lowest BCUT2D eigenvalue weighted by atomic mass is 9.46. The van der Waals surface area contributed by atoms with Crippen molar-refractivity contribution in [1.29, 1.82) is 0 Å². The van der Waals surface area contributed by atoms with Crippen molar-refractivity contribution < 1.29 is 89.0 Å². The van der Waals surface area contributed by atoms with E-state index in [4.69, 9.17) is 33.2 Å². The van der Waals surface area contributed by atoms with E-state index in [2.05, 4.69) is 26.0 Å². The first-order valence-corrected chi connectivity index (χ1v) is 22.9. The van der Waals surface area contributed by atoms with Gasteiger partial charge in [-0.3, -0.25) is 0 Å². The summed E-state index contributed by atoms with van der Waals surface area (Å²) in [5.41, 5.74) is 1.58. The van der Waals surface area contributed by atoms with Crippen LogP contribution in [0, 0.1) is 46.3 Å². The molecule has 4 aliphatic heterocycles. The first-order valence-electron chi connectivity index (χ1n) is 22.9. The van der Waals surface area contributed by atoms with E-state index in [9.17, 15) is 55.9 Å². The minimum Gasteiger partial charge on any atom is -0.394 e. The number of aldehydes is 1. The zero-order valence-corrected chi connectivity index (χ0v) is 36.7. The van der Waals surface area contributed by atoms with Crippen molar-refractivity contribution in [1.82, 2.24) is 0 Å². The van der Waals surface area contributed by atoms with Gasteiger partial charge in [-0.05, 0) is 94.8 Å². The van der Waals surface area contributed by atoms with Gasteiger partial charge in [0, 0.05) is 17.3 Å². The molecule has 8 rings (SSSR count). The molecule has 0 aromatic heterocycles. The summed E-state index contributed by atoms with van der Waals surface area (Å²) in [6.07, 6.45) is -14.7. The maximum atomic E-state index is 13.4. The quantitative estimate of drug-likeness (QED) is 0.0945. The Hall–Kier alpha value is -1.53. The number of rotatable bonds is 10. The van der Waals surface area contributed by atoms with Gasteiger partial charge in [0.15, 0.2) is 25.2 Å². The van der Waals surface area contributed by atoms with Gasteiger partial charge >= 0.3 is 0 Å². The van der Waals surface area contributed by atoms with Gasteiger partial charge in [-0.15, -0.1) is 0 Å². The average Bonchev–Trinajstić information content (AvgIpc) is 3.60. The van der Waals surface area contributed by atoms with E-state index in [1.807, 2.05) is 13.8 Å². The Morgan fingerprint density at radius 2 is 1.37 bits per heavy atom. The standard InChI is InChI=1S/C45H70O18/c1-18(2)12-24-19(3)30-27(59-40(24)56)14-26-23-7-6-21-13-22(8-10-44(21,5)25(23)9-11-45(26,30)17-48)58-42-38(35(53)32(50)28(15-46)60-42)63-43-39(36(54)33(51)29(16-47)61-43)62-41-37(55)34(52)31(49)20(4)57-41/h6,12,17,19-20,22-43,46-47,49-56H,7-11,13-16H2,1-5H3. The number of carbonyl (C=O) groups excluding carboxylic acids is 1. The molecule has 358 valence electrons. The molecule has 18 nitrogen and oxygen atoms in total. The van der Waals surface area contributed by atoms with Crippen LogP contribution in [0.4, 0.5) is 0 Å². The smallest absolute Gasteiger partial charge is 0.187 e. The van der Waals surface area contributed by atoms with E-state index in [1.165, 1.54) is 18.8 Å². The molecule has 7 fully saturated rings. The molecule has 18 heteroatoms. The van der Waals surface area contributed by atoms with Crippen molar-refractivity contribution in [3.63, 3.8) is 0 Å². The highest BCUT2D eigenvalue weighted by Crippen LogP contribution is 2.68. The summed E-state index contributed by atoms with van der Waals surface area (Å²) in [5.74, 6) is 0.543. The van der Waals surface area contributed by atoms with Gasteiger partial charge in [0.1, 0.15) is 73.4 Å². The number of hydrogen-bond acceptors (Lipinski definition) is 18. The lowest BCUT2D eigenvalue weighted by Gasteiger charge is -2.58. The Balaban J connectivity index is 1.00. The van der Waals surface area contributed by atoms with Crippen LogP contribution < -0.4 is 0 Å². The Morgan fingerprint density at radius 3 is 1.97 bits per heavy atom. The number of ether oxygens (including phenoxy) is 7. The maximum absolute atomic E-state index is 13.4. The number of aliphatic hydroxyl groups excluding tert-OH is 10. The first-order chi connectivity index (χ1) is 29.9. The summed E-state index contributed by atoms with van der Waals surface area (Å²) >= 11 is 0. The molecular weight excluding hydrogens is 828 g/mol. The number of hydrogen-bond donors (Lipinski definition) is 10. The highest BCUT2D eigenvalue weighted by Gasteiger charge is 2.67. The SMILES string of the molecule is CC(C)=CC1C(O)OC2CC3C4CC=C5CC(OC6OC(CO)C(O)C(O)C6OC6OC(CO)C(O)C(O)C6OC6OC(C)C(O)C(O)C6O)CCC5(C)C4CCC3(C=O)C2C1C. The monoisotopic (exact) mass is 898 g/mol. The van der Waals surface area contributed by atoms with Crippen molar-refractivity contribution in [3.05, 3.63) is 23.3 Å². The molecule has 4 saturated heterocycles. The predicted octanol–water partition coefficient (Wildman–Crippen LogP) is -0.849. The van der Waals surface area contributed by atoms with Crippen LogP contribution in [0.5, 0.6) is 0 Å². The van der Waals surface area contributed by atoms with E-state index < -0.39 is 123 Å². The Bertz CT molecular complexity index is 1680. The molecule has 0 spiro atoms. The fourth-order valence-electron chi connectivity index (χ4n) is 13.3. The van der Waals surface area contributed by atoms with Crippen LogP contribution in [0.1, 0.15) is 79.6 Å². The third-order valence-electron chi connectivity index (χ3n) is 16.7. The van der Waals surface area contributed by atoms with E-state index in [0.717, 1.165) is 37.7 Å². The van der Waals surface area contributed by atoms with Gasteiger partial charge < -0.3 is 89.0 Å². The van der Waals surface area contributed by atoms with Crippen LogP contribution in [-0.4, -0.2) is 181 Å². The molecule has 4 heterocycles. The molecule has 10 N–H and O–H groups in total. The van der Waals surface area contributed by atoms with Crippen molar-refractivity contribution in [2.24, 2.45) is 46.3 Å². The second kappa shape index (κ2) is 18.5. The first kappa shape index (κ1) is 47.9. The number of fused-ring (bicyclic) bond motifs is 7. The Labute approximate surface area is 367 Å². The second-order valence-corrected chi connectivity index (χ2v) is 20.3. The average molecular weight is 899 g/mol. The lowest BCUT2D eigenvalue weighted by molar-refractivity contribution is -0.394. The highest BCUT2D eigenvalue weighted by atomic mass is 16.8. The summed E-state index contributed by atoms with van der Waals surface area (Å²) < 4.78 is 42.5. The normalized spacial score (nSPS) is 54.5. The summed E-state index contributed by atoms with van der Waals surface area (Å²) in [5, 5.41) is 107. The number of aliphatic hydroxyl groups is 10. The minimum absolute atomic E-state index is 0.0102. The van der Waals surface area contributed by atoms with E-state index in [1.54, 1.807) is 0 Å². The van der Waals surface area contributed by atoms with Crippen LogP contribution in [0.2, 0.25) is 0 Å². The second-order valence-electron chi connectivity index (χ2n) is 20.3. The van der Waals surface area contributed by atoms with Crippen LogP contribution >= 0.6 is 0 Å². The largest absolute Gasteiger partial charge is 0.394 e. The van der Waals surface area contributed by atoms with Gasteiger partial charge in [0.25, 0.3) is 0 Å². The minimum atomic E-state index is -1.84. The molecule has 8 aliphatic rings. The summed E-state index contributed by atoms with van der Waals surface area (Å²) in [6.45, 7) is 8.47. The Morgan fingerprint density at radius 1 is 0.746 bits per heavy atom. The van der Waals surface area contributed by atoms with E-state index >= 15 is 0 Å². The molecule has 0 amide bonds. The van der Waals surface area contributed by atoms with Crippen molar-refractivity contribution in [2.45, 2.75) is 190 Å². The van der Waals surface area contributed by atoms with Crippen LogP contribution in [-0.2, 0) is 38.0 Å². The molecule has 26 unspecified atom stereocenters. The molecule has 0 radical (unpaired) electrons. The summed E-state index contributed by atoms with van der Waals surface area (Å²) in [7, 11) is 0. The lowest BCUT2D eigenvalue weighted by Crippen LogP contribution is -2.67. The topological polar surface area (TPSA) is 284 Å². The van der Waals surface area contributed by atoms with Gasteiger partial charge in [0.05, 0.1) is 31.5 Å². The van der Waals surface area contributed by atoms with Crippen LogP contribution in [0.25, 0.3) is 0 Å². The molecule has 0 aromatic rings. The summed E-state index contributed by atoms with van der Waals surface area (Å²) in [4.78, 5) is 13.4. The zero-order chi connectivity index (χ0) is 45.4. The van der Waals surface area contributed by atoms with Crippen LogP contribution in [0.15, 0.2) is 23.3 Å². The fourth-order valence-corrected chi connectivity index (χ4v) is 13.3. The number of allylic oxidation sites excluding steroid dienone is 2. The van der Waals surface area contributed by atoms with Crippen molar-refractivity contribution in [3.8, 4) is 0 Å². The molecule has 0 bridgehead atoms. The van der Waals surface area contributed by atoms with Gasteiger partial charge in [-0.2, -0.15) is 0 Å². The molecule has 26 atom stereocenters. The molecule has 3 saturated carbocycles. The molecule has 0 aromatic carbocycles. The third kappa shape index (κ3) is 8.23. The maximum Gasteiger partial charge on any atom is 0.187 e. The van der Waals surface area contributed by atoms with Gasteiger partial charge in [-0.25, -0.2) is 0 Å². The fraction of sp³-hybridized carbons (Fsp3) is 0.889. The van der Waals surface area contributed by atoms with Crippen molar-refractivity contribution in [2.75, 3.05) is 13.2 Å². The van der Waals surface area contributed by atoms with Gasteiger partial charge in [-0.1, -0.05) is 37.1 Å². The number of carbonyl (C=O) groups is 1. The van der Waals surface area contributed by atoms with E-state index in [-0.39, 0.29) is 41.1 Å². The van der Waals surface area contributed by atoms with Gasteiger partial charge in [0.2, 0.25) is 0 Å². The van der Waals surface area contributed by atoms with Crippen molar-refractivity contribution >= 4 is 6.29 Å². The molecule has 4 aliphatic carbocycles. The molecular formula is C45H70O18. The highest BCUT2D eigenvalue weighted by molar-refractivity contribution is 5.63. The third-order valence-corrected chi connectivity index (χ3v) is 16.7. The zero-order valence-electron chi connectivity index (χ0n) is 36.7. The molecule has 63 heavy (non-hydrogen) atoms. The van der Waals surface area contributed by atoms with Crippen LogP contribution in [0.3, 0.4) is 0 Å². The van der Waals surface area contributed by atoms with E-state index in [0.29, 0.717) is 18.8 Å². The predicted molar refractivity (Wildman–Crippen MR) is 216 cm³/mol. The Kier molecular flexibility index (Phi) is 14.1. The summed E-state index contributed by atoms with van der Waals surface area (Å²) in [6, 6.07) is 0.